The summed E-state index contributed by atoms with van der Waals surface area (Å²) in [7, 11) is -2.75. The van der Waals surface area contributed by atoms with Gasteiger partial charge in [0.05, 0.1) is 11.0 Å². The highest BCUT2D eigenvalue weighted by molar-refractivity contribution is 7.92. The molecule has 2 aliphatic heterocycles. The summed E-state index contributed by atoms with van der Waals surface area (Å²) in [5.41, 5.74) is 0. The highest BCUT2D eigenvalue weighted by Crippen LogP contribution is 2.20. The summed E-state index contributed by atoms with van der Waals surface area (Å²) in [6, 6.07) is 0. The SMILES string of the molecule is Cl.Cl.O=S1(=O)CCCC1CN1CCNCC1. The minimum Gasteiger partial charge on any atom is -0.314 e. The maximum Gasteiger partial charge on any atom is 0.154 e. The molecule has 0 radical (unpaired) electrons. The van der Waals surface area contributed by atoms with Crippen LogP contribution in [0.25, 0.3) is 0 Å². The Balaban J connectivity index is 0.00000112. The Bertz CT molecular complexity index is 292. The summed E-state index contributed by atoms with van der Waals surface area (Å²) < 4.78 is 23.2. The van der Waals surface area contributed by atoms with Gasteiger partial charge in [0.15, 0.2) is 9.84 Å². The van der Waals surface area contributed by atoms with Gasteiger partial charge in [0.25, 0.3) is 0 Å². The molecule has 98 valence electrons. The lowest BCUT2D eigenvalue weighted by Gasteiger charge is -2.29. The third-order valence-electron chi connectivity index (χ3n) is 3.13. The van der Waals surface area contributed by atoms with Crippen LogP contribution in [0.3, 0.4) is 0 Å². The van der Waals surface area contributed by atoms with Crippen molar-refractivity contribution < 1.29 is 8.42 Å². The summed E-state index contributed by atoms with van der Waals surface area (Å²) in [6.45, 7) is 4.72. The molecule has 4 nitrogen and oxygen atoms in total. The Morgan fingerprint density at radius 2 is 1.81 bits per heavy atom. The number of piperazine rings is 1. The van der Waals surface area contributed by atoms with Crippen LogP contribution in [0.15, 0.2) is 0 Å². The Labute approximate surface area is 110 Å². The van der Waals surface area contributed by atoms with Crippen molar-refractivity contribution in [1.82, 2.24) is 10.2 Å². The van der Waals surface area contributed by atoms with Gasteiger partial charge in [-0.15, -0.1) is 24.8 Å². The topological polar surface area (TPSA) is 49.4 Å². The zero-order chi connectivity index (χ0) is 10.0. The minimum absolute atomic E-state index is 0. The number of hydrogen-bond donors (Lipinski definition) is 1. The van der Waals surface area contributed by atoms with Crippen molar-refractivity contribution in [2.75, 3.05) is 38.5 Å². The third kappa shape index (κ3) is 4.04. The van der Waals surface area contributed by atoms with Crippen LogP contribution in [0, 0.1) is 0 Å². The summed E-state index contributed by atoms with van der Waals surface area (Å²) in [5, 5.41) is 3.19. The van der Waals surface area contributed by atoms with Crippen LogP contribution in [0.4, 0.5) is 0 Å². The fourth-order valence-corrected chi connectivity index (χ4v) is 4.11. The number of nitrogens with zero attached hydrogens (tertiary/aromatic N) is 1. The monoisotopic (exact) mass is 290 g/mol. The first kappa shape index (κ1) is 16.4. The Morgan fingerprint density at radius 1 is 1.19 bits per heavy atom. The van der Waals surface area contributed by atoms with Crippen LogP contribution in [-0.2, 0) is 9.84 Å². The van der Waals surface area contributed by atoms with Crippen LogP contribution in [0.5, 0.6) is 0 Å². The van der Waals surface area contributed by atoms with E-state index in [4.69, 9.17) is 0 Å². The van der Waals surface area contributed by atoms with Gasteiger partial charge in [-0.05, 0) is 12.8 Å². The first-order valence-corrected chi connectivity index (χ1v) is 7.05. The molecule has 16 heavy (non-hydrogen) atoms. The molecule has 0 saturated carbocycles. The first-order chi connectivity index (χ1) is 6.68. The van der Waals surface area contributed by atoms with E-state index in [2.05, 4.69) is 10.2 Å². The van der Waals surface area contributed by atoms with Crippen molar-refractivity contribution in [2.45, 2.75) is 18.1 Å². The van der Waals surface area contributed by atoms with E-state index in [1.165, 1.54) is 0 Å². The molecule has 0 aromatic heterocycles. The van der Waals surface area contributed by atoms with E-state index in [0.717, 1.165) is 45.6 Å². The molecular weight excluding hydrogens is 271 g/mol. The maximum atomic E-state index is 11.6. The van der Waals surface area contributed by atoms with Crippen LogP contribution in [-0.4, -0.2) is 57.0 Å². The number of hydrogen-bond acceptors (Lipinski definition) is 4. The third-order valence-corrected chi connectivity index (χ3v) is 5.39. The molecule has 0 amide bonds. The Hall–Kier alpha value is 0.450. The fourth-order valence-electron chi connectivity index (χ4n) is 2.24. The van der Waals surface area contributed by atoms with Gasteiger partial charge in [0, 0.05) is 32.7 Å². The molecule has 1 atom stereocenters. The second-order valence-corrected chi connectivity index (χ2v) is 6.58. The van der Waals surface area contributed by atoms with Gasteiger partial charge in [-0.25, -0.2) is 8.42 Å². The van der Waals surface area contributed by atoms with Crippen LogP contribution in [0.1, 0.15) is 12.8 Å². The predicted octanol–water partition coefficient (Wildman–Crippen LogP) is 0.312. The number of halogens is 2. The molecule has 0 spiro atoms. The van der Waals surface area contributed by atoms with Crippen molar-refractivity contribution in [1.29, 1.82) is 0 Å². The largest absolute Gasteiger partial charge is 0.314 e. The average Bonchev–Trinajstić information content (AvgIpc) is 2.48. The van der Waals surface area contributed by atoms with Gasteiger partial charge in [0.2, 0.25) is 0 Å². The molecule has 0 aromatic rings. The van der Waals surface area contributed by atoms with E-state index in [0.29, 0.717) is 5.75 Å². The zero-order valence-electron chi connectivity index (χ0n) is 9.22. The van der Waals surface area contributed by atoms with Gasteiger partial charge < -0.3 is 5.32 Å². The number of rotatable bonds is 2. The molecule has 7 heteroatoms. The highest BCUT2D eigenvalue weighted by atomic mass is 35.5. The molecule has 2 heterocycles. The van der Waals surface area contributed by atoms with E-state index >= 15 is 0 Å². The van der Waals surface area contributed by atoms with E-state index in [9.17, 15) is 8.42 Å². The molecule has 2 rings (SSSR count). The molecule has 0 aromatic carbocycles. The van der Waals surface area contributed by atoms with Crippen LogP contribution < -0.4 is 5.32 Å². The van der Waals surface area contributed by atoms with Crippen molar-refractivity contribution in [3.63, 3.8) is 0 Å². The average molecular weight is 291 g/mol. The lowest BCUT2D eigenvalue weighted by molar-refractivity contribution is 0.239. The summed E-state index contributed by atoms with van der Waals surface area (Å²) in [5.74, 6) is 0.407. The fraction of sp³-hybridized carbons (Fsp3) is 1.00. The standard InChI is InChI=1S/C9H18N2O2S.2ClH/c12-14(13)7-1-2-9(14)8-11-5-3-10-4-6-11;;/h9-10H,1-8H2;2*1H. The lowest BCUT2D eigenvalue weighted by Crippen LogP contribution is -2.46. The first-order valence-electron chi connectivity index (χ1n) is 5.33. The van der Waals surface area contributed by atoms with E-state index < -0.39 is 9.84 Å². The van der Waals surface area contributed by atoms with Crippen LogP contribution in [0.2, 0.25) is 0 Å². The Morgan fingerprint density at radius 3 is 2.31 bits per heavy atom. The lowest BCUT2D eigenvalue weighted by atomic mass is 10.2. The van der Waals surface area contributed by atoms with Gasteiger partial charge in [-0.2, -0.15) is 0 Å². The van der Waals surface area contributed by atoms with E-state index in [1.54, 1.807) is 0 Å². The number of sulfone groups is 1. The minimum atomic E-state index is -2.75. The smallest absolute Gasteiger partial charge is 0.154 e. The van der Waals surface area contributed by atoms with E-state index in [1.807, 2.05) is 0 Å². The molecule has 2 saturated heterocycles. The summed E-state index contributed by atoms with van der Waals surface area (Å²) in [4.78, 5) is 2.27. The van der Waals surface area contributed by atoms with Crippen molar-refractivity contribution in [2.24, 2.45) is 0 Å². The van der Waals surface area contributed by atoms with Gasteiger partial charge >= 0.3 is 0 Å². The van der Waals surface area contributed by atoms with E-state index in [-0.39, 0.29) is 30.1 Å². The summed E-state index contributed by atoms with van der Waals surface area (Å²) in [6.07, 6.45) is 1.73. The second kappa shape index (κ2) is 7.01. The zero-order valence-corrected chi connectivity index (χ0v) is 11.7. The summed E-state index contributed by atoms with van der Waals surface area (Å²) >= 11 is 0. The van der Waals surface area contributed by atoms with Crippen molar-refractivity contribution >= 4 is 34.7 Å². The molecule has 2 fully saturated rings. The molecule has 0 bridgehead atoms. The molecule has 1 unspecified atom stereocenters. The van der Waals surface area contributed by atoms with Crippen LogP contribution >= 0.6 is 24.8 Å². The van der Waals surface area contributed by atoms with Gasteiger partial charge in [-0.1, -0.05) is 0 Å². The second-order valence-electron chi connectivity index (χ2n) is 4.18. The van der Waals surface area contributed by atoms with Crippen molar-refractivity contribution in [3.05, 3.63) is 0 Å². The van der Waals surface area contributed by atoms with Gasteiger partial charge in [0.1, 0.15) is 0 Å². The normalized spacial score (nSPS) is 29.1. The van der Waals surface area contributed by atoms with Crippen molar-refractivity contribution in [3.8, 4) is 0 Å². The highest BCUT2D eigenvalue weighted by Gasteiger charge is 2.32. The van der Waals surface area contributed by atoms with Gasteiger partial charge in [-0.3, -0.25) is 4.90 Å². The quantitative estimate of drug-likeness (QED) is 0.796. The predicted molar refractivity (Wildman–Crippen MR) is 70.6 cm³/mol. The molecule has 2 aliphatic rings. The maximum absolute atomic E-state index is 11.6. The molecule has 1 N–H and O–H groups in total. The molecule has 0 aliphatic carbocycles. The molecular formula is C9H20Cl2N2O2S. The Kier molecular flexibility index (Phi) is 7.21. The number of nitrogens with one attached hydrogen (secondary N) is 1.